The largest absolute Gasteiger partial charge is 0.496 e. The van der Waals surface area contributed by atoms with Crippen LogP contribution in [0.2, 0.25) is 0 Å². The lowest BCUT2D eigenvalue weighted by atomic mass is 10.1. The van der Waals surface area contributed by atoms with Crippen LogP contribution in [0, 0.1) is 6.92 Å². The van der Waals surface area contributed by atoms with E-state index in [2.05, 4.69) is 5.32 Å². The van der Waals surface area contributed by atoms with Crippen molar-refractivity contribution in [3.8, 4) is 11.5 Å². The molecule has 0 aliphatic carbocycles. The summed E-state index contributed by atoms with van der Waals surface area (Å²) < 4.78 is 16.0. The van der Waals surface area contributed by atoms with Gasteiger partial charge in [0.25, 0.3) is 5.91 Å². The molecule has 6 heteroatoms. The molecule has 3 aromatic carbocycles. The number of ether oxygens (including phenoxy) is 3. The topological polar surface area (TPSA) is 73.9 Å². The van der Waals surface area contributed by atoms with Gasteiger partial charge in [-0.3, -0.25) is 4.79 Å². The zero-order chi connectivity index (χ0) is 21.5. The minimum atomic E-state index is -0.520. The number of nitrogens with one attached hydrogen (secondary N) is 1. The summed E-state index contributed by atoms with van der Waals surface area (Å²) in [6.45, 7) is 2.23. The van der Waals surface area contributed by atoms with Gasteiger partial charge in [0, 0.05) is 11.1 Å². The molecule has 1 amide bonds. The first-order chi connectivity index (χ1) is 14.5. The van der Waals surface area contributed by atoms with Gasteiger partial charge >= 0.3 is 5.97 Å². The number of anilines is 1. The summed E-state index contributed by atoms with van der Waals surface area (Å²) in [6, 6.07) is 19.5. The molecule has 0 heterocycles. The zero-order valence-corrected chi connectivity index (χ0v) is 17.1. The summed E-state index contributed by atoms with van der Waals surface area (Å²) in [5, 5.41) is 2.77. The molecule has 154 valence electrons. The number of hydrogen-bond acceptors (Lipinski definition) is 5. The van der Waals surface area contributed by atoms with Crippen LogP contribution in [0.4, 0.5) is 5.69 Å². The van der Waals surface area contributed by atoms with Gasteiger partial charge in [0.2, 0.25) is 0 Å². The molecule has 0 saturated carbocycles. The molecule has 0 bridgehead atoms. The second-order valence-electron chi connectivity index (χ2n) is 6.62. The van der Waals surface area contributed by atoms with Crippen LogP contribution in [0.15, 0.2) is 66.7 Å². The van der Waals surface area contributed by atoms with E-state index in [0.29, 0.717) is 17.0 Å². The minimum Gasteiger partial charge on any atom is -0.496 e. The number of carbonyl (C=O) groups excluding carboxylic acids is 2. The van der Waals surface area contributed by atoms with Crippen molar-refractivity contribution in [2.24, 2.45) is 0 Å². The first kappa shape index (κ1) is 20.9. The van der Waals surface area contributed by atoms with Crippen LogP contribution in [-0.4, -0.2) is 26.1 Å². The van der Waals surface area contributed by atoms with E-state index in [9.17, 15) is 9.59 Å². The van der Waals surface area contributed by atoms with Gasteiger partial charge in [0.05, 0.1) is 25.5 Å². The van der Waals surface area contributed by atoms with Crippen molar-refractivity contribution in [2.75, 3.05) is 19.5 Å². The molecule has 0 atom stereocenters. The summed E-state index contributed by atoms with van der Waals surface area (Å²) in [4.78, 5) is 24.7. The van der Waals surface area contributed by atoms with E-state index in [0.717, 1.165) is 16.9 Å². The lowest BCUT2D eigenvalue weighted by Gasteiger charge is -2.13. The van der Waals surface area contributed by atoms with Crippen LogP contribution in [0.5, 0.6) is 11.5 Å². The molecule has 0 aromatic heterocycles. The average Bonchev–Trinajstić information content (AvgIpc) is 2.77. The summed E-state index contributed by atoms with van der Waals surface area (Å²) in [5.74, 6) is 0.478. The molecule has 6 nitrogen and oxygen atoms in total. The molecule has 0 saturated heterocycles. The third-order valence-corrected chi connectivity index (χ3v) is 4.51. The van der Waals surface area contributed by atoms with Gasteiger partial charge in [0.1, 0.15) is 18.1 Å². The smallest absolute Gasteiger partial charge is 0.339 e. The normalized spacial score (nSPS) is 10.2. The van der Waals surface area contributed by atoms with Gasteiger partial charge in [-0.2, -0.15) is 0 Å². The Balaban J connectivity index is 1.80. The SMILES string of the molecule is COC(=O)c1ccccc1NC(=O)c1ccc(OC)c(COc2cccc(C)c2)c1. The average molecular weight is 405 g/mol. The maximum atomic E-state index is 12.8. The number of benzene rings is 3. The quantitative estimate of drug-likeness (QED) is 0.581. The number of methoxy groups -OCH3 is 2. The van der Waals surface area contributed by atoms with Gasteiger partial charge in [-0.05, 0) is 55.0 Å². The predicted octanol–water partition coefficient (Wildman–Crippen LogP) is 4.62. The van der Waals surface area contributed by atoms with E-state index in [1.807, 2.05) is 31.2 Å². The van der Waals surface area contributed by atoms with Gasteiger partial charge < -0.3 is 19.5 Å². The third-order valence-electron chi connectivity index (χ3n) is 4.51. The lowest BCUT2D eigenvalue weighted by molar-refractivity contribution is 0.0602. The van der Waals surface area contributed by atoms with Crippen LogP contribution in [0.3, 0.4) is 0 Å². The summed E-state index contributed by atoms with van der Waals surface area (Å²) >= 11 is 0. The number of carbonyl (C=O) groups is 2. The van der Waals surface area contributed by atoms with Gasteiger partial charge in [-0.25, -0.2) is 4.79 Å². The highest BCUT2D eigenvalue weighted by Gasteiger charge is 2.16. The summed E-state index contributed by atoms with van der Waals surface area (Å²) in [6.07, 6.45) is 0. The third kappa shape index (κ3) is 4.97. The van der Waals surface area contributed by atoms with Crippen LogP contribution in [0.25, 0.3) is 0 Å². The number of amides is 1. The number of rotatable bonds is 7. The van der Waals surface area contributed by atoms with Crippen molar-refractivity contribution in [1.29, 1.82) is 0 Å². The second-order valence-corrected chi connectivity index (χ2v) is 6.62. The Morgan fingerprint density at radius 3 is 2.47 bits per heavy atom. The van der Waals surface area contributed by atoms with Crippen molar-refractivity contribution < 1.29 is 23.8 Å². The van der Waals surface area contributed by atoms with E-state index >= 15 is 0 Å². The van der Waals surface area contributed by atoms with Crippen LogP contribution < -0.4 is 14.8 Å². The van der Waals surface area contributed by atoms with Crippen molar-refractivity contribution in [3.05, 3.63) is 89.0 Å². The molecular formula is C24H23NO5. The Hall–Kier alpha value is -3.80. The Bertz CT molecular complexity index is 1060. The fourth-order valence-corrected chi connectivity index (χ4v) is 2.97. The lowest BCUT2D eigenvalue weighted by Crippen LogP contribution is -2.16. The molecule has 3 aromatic rings. The van der Waals surface area contributed by atoms with E-state index < -0.39 is 5.97 Å². The Morgan fingerprint density at radius 1 is 0.933 bits per heavy atom. The van der Waals surface area contributed by atoms with E-state index in [-0.39, 0.29) is 18.1 Å². The highest BCUT2D eigenvalue weighted by atomic mass is 16.5. The van der Waals surface area contributed by atoms with Crippen LogP contribution in [0.1, 0.15) is 31.8 Å². The van der Waals surface area contributed by atoms with Gasteiger partial charge in [0.15, 0.2) is 0 Å². The van der Waals surface area contributed by atoms with Crippen molar-refractivity contribution in [1.82, 2.24) is 0 Å². The van der Waals surface area contributed by atoms with Gasteiger partial charge in [-0.1, -0.05) is 24.3 Å². The zero-order valence-electron chi connectivity index (χ0n) is 17.1. The molecule has 0 spiro atoms. The van der Waals surface area contributed by atoms with Crippen molar-refractivity contribution in [3.63, 3.8) is 0 Å². The Labute approximate surface area is 175 Å². The molecule has 1 N–H and O–H groups in total. The Morgan fingerprint density at radius 2 is 1.73 bits per heavy atom. The van der Waals surface area contributed by atoms with Crippen LogP contribution in [-0.2, 0) is 11.3 Å². The molecule has 3 rings (SSSR count). The predicted molar refractivity (Wildman–Crippen MR) is 114 cm³/mol. The van der Waals surface area contributed by atoms with E-state index in [4.69, 9.17) is 14.2 Å². The van der Waals surface area contributed by atoms with Gasteiger partial charge in [-0.15, -0.1) is 0 Å². The maximum Gasteiger partial charge on any atom is 0.339 e. The second kappa shape index (κ2) is 9.60. The first-order valence-corrected chi connectivity index (χ1v) is 9.37. The highest BCUT2D eigenvalue weighted by Crippen LogP contribution is 2.24. The summed E-state index contributed by atoms with van der Waals surface area (Å²) in [5.41, 5.74) is 2.90. The molecular weight excluding hydrogens is 382 g/mol. The molecule has 0 aliphatic heterocycles. The minimum absolute atomic E-state index is 0.243. The highest BCUT2D eigenvalue weighted by molar-refractivity contribution is 6.08. The van der Waals surface area contributed by atoms with Crippen molar-refractivity contribution in [2.45, 2.75) is 13.5 Å². The molecule has 0 aliphatic rings. The number of esters is 1. The van der Waals surface area contributed by atoms with Crippen LogP contribution >= 0.6 is 0 Å². The molecule has 0 fully saturated rings. The number of aryl methyl sites for hydroxylation is 1. The van der Waals surface area contributed by atoms with Crippen molar-refractivity contribution >= 4 is 17.6 Å². The monoisotopic (exact) mass is 405 g/mol. The molecule has 0 radical (unpaired) electrons. The fourth-order valence-electron chi connectivity index (χ4n) is 2.97. The first-order valence-electron chi connectivity index (χ1n) is 9.37. The molecule has 30 heavy (non-hydrogen) atoms. The summed E-state index contributed by atoms with van der Waals surface area (Å²) in [7, 11) is 2.86. The molecule has 0 unspecified atom stereocenters. The fraction of sp³-hybridized carbons (Fsp3) is 0.167. The standard InChI is InChI=1S/C24H23NO5/c1-16-7-6-8-19(13-16)30-15-18-14-17(11-12-22(18)28-2)23(26)25-21-10-5-4-9-20(21)24(27)29-3/h4-14H,15H2,1-3H3,(H,25,26). The van der Waals surface area contributed by atoms with E-state index in [1.54, 1.807) is 49.6 Å². The Kier molecular flexibility index (Phi) is 6.70. The number of para-hydroxylation sites is 1. The maximum absolute atomic E-state index is 12.8. The number of hydrogen-bond donors (Lipinski definition) is 1. The van der Waals surface area contributed by atoms with E-state index in [1.165, 1.54) is 7.11 Å².